The van der Waals surface area contributed by atoms with Gasteiger partial charge in [0, 0.05) is 38.3 Å². The van der Waals surface area contributed by atoms with E-state index >= 15 is 0 Å². The van der Waals surface area contributed by atoms with Crippen LogP contribution in [0.25, 0.3) is 10.9 Å². The number of pyridine rings is 1. The molecule has 0 aliphatic carbocycles. The Balaban J connectivity index is 1.55. The van der Waals surface area contributed by atoms with Gasteiger partial charge in [0.1, 0.15) is 0 Å². The Morgan fingerprint density at radius 1 is 1.24 bits per heavy atom. The summed E-state index contributed by atoms with van der Waals surface area (Å²) in [6.07, 6.45) is 2.25. The molecule has 0 fully saturated rings. The summed E-state index contributed by atoms with van der Waals surface area (Å²) in [5, 5.41) is 8.26. The smallest absolute Gasteiger partial charge is 0.221 e. The van der Waals surface area contributed by atoms with Crippen LogP contribution in [0.1, 0.15) is 23.9 Å². The van der Waals surface area contributed by atoms with E-state index in [4.69, 9.17) is 4.98 Å². The first-order valence-electron chi connectivity index (χ1n) is 8.53. The first-order chi connectivity index (χ1) is 12.2. The van der Waals surface area contributed by atoms with Gasteiger partial charge in [-0.25, -0.2) is 0 Å². The third-order valence-electron chi connectivity index (χ3n) is 4.69. The van der Waals surface area contributed by atoms with Crippen molar-refractivity contribution in [3.05, 3.63) is 60.0 Å². The van der Waals surface area contributed by atoms with Crippen molar-refractivity contribution >= 4 is 16.8 Å². The second-order valence-electron chi connectivity index (χ2n) is 6.46. The summed E-state index contributed by atoms with van der Waals surface area (Å²) in [5.41, 5.74) is 3.20. The number of hydrogen-bond donors (Lipinski definition) is 1. The molecule has 1 aromatic carbocycles. The molecule has 4 rings (SSSR count). The number of rotatable bonds is 4. The van der Waals surface area contributed by atoms with E-state index in [1.54, 1.807) is 7.05 Å². The molecule has 6 nitrogen and oxygen atoms in total. The van der Waals surface area contributed by atoms with Crippen LogP contribution < -0.4 is 5.32 Å². The summed E-state index contributed by atoms with van der Waals surface area (Å²) in [5.74, 6) is 0.0390. The van der Waals surface area contributed by atoms with E-state index in [0.717, 1.165) is 41.9 Å². The number of carbonyl (C=O) groups is 1. The number of amides is 1. The van der Waals surface area contributed by atoms with Crippen molar-refractivity contribution in [1.82, 2.24) is 25.0 Å². The molecule has 3 heterocycles. The Labute approximate surface area is 146 Å². The summed E-state index contributed by atoms with van der Waals surface area (Å²) in [4.78, 5) is 18.9. The van der Waals surface area contributed by atoms with E-state index < -0.39 is 0 Å². The number of benzene rings is 1. The lowest BCUT2D eigenvalue weighted by Crippen LogP contribution is -2.39. The van der Waals surface area contributed by atoms with Gasteiger partial charge in [-0.2, -0.15) is 5.10 Å². The Morgan fingerprint density at radius 3 is 3.00 bits per heavy atom. The lowest BCUT2D eigenvalue weighted by Gasteiger charge is -2.33. The fraction of sp³-hybridized carbons (Fsp3) is 0.316. The van der Waals surface area contributed by atoms with Gasteiger partial charge in [-0.3, -0.25) is 19.4 Å². The molecule has 2 aromatic heterocycles. The average molecular weight is 335 g/mol. The molecule has 128 valence electrons. The Hall–Kier alpha value is -2.73. The van der Waals surface area contributed by atoms with Crippen LogP contribution in [0.2, 0.25) is 0 Å². The molecule has 0 bridgehead atoms. The molecule has 25 heavy (non-hydrogen) atoms. The summed E-state index contributed by atoms with van der Waals surface area (Å²) in [6, 6.07) is 14.4. The van der Waals surface area contributed by atoms with Gasteiger partial charge in [0.05, 0.1) is 29.4 Å². The lowest BCUT2D eigenvalue weighted by atomic mass is 10.1. The van der Waals surface area contributed by atoms with E-state index in [1.165, 1.54) is 0 Å². The largest absolute Gasteiger partial charge is 0.359 e. The lowest BCUT2D eigenvalue weighted by molar-refractivity contribution is -0.121. The molecular weight excluding hydrogens is 314 g/mol. The number of nitrogens with one attached hydrogen (secondary N) is 1. The summed E-state index contributed by atoms with van der Waals surface area (Å²) >= 11 is 0. The summed E-state index contributed by atoms with van der Waals surface area (Å²) in [7, 11) is 1.67. The van der Waals surface area contributed by atoms with Gasteiger partial charge >= 0.3 is 0 Å². The standard InChI is InChI=1S/C19H21N5O/c1-20-19(25)10-17-13-23(12-16-8-9-21-24(16)17)11-15-7-6-14-4-2-3-5-18(14)22-15/h2-9,17H,10-13H2,1H3,(H,20,25)/t17-/m1/s1. The van der Waals surface area contributed by atoms with Gasteiger partial charge in [-0.15, -0.1) is 0 Å². The third kappa shape index (κ3) is 3.25. The van der Waals surface area contributed by atoms with Crippen LogP contribution in [0.15, 0.2) is 48.7 Å². The maximum Gasteiger partial charge on any atom is 0.221 e. The van der Waals surface area contributed by atoms with Crippen molar-refractivity contribution in [3.63, 3.8) is 0 Å². The van der Waals surface area contributed by atoms with Crippen LogP contribution in [0.4, 0.5) is 0 Å². The zero-order chi connectivity index (χ0) is 17.2. The van der Waals surface area contributed by atoms with Gasteiger partial charge in [0.15, 0.2) is 0 Å². The van der Waals surface area contributed by atoms with Crippen LogP contribution in [-0.2, 0) is 17.9 Å². The van der Waals surface area contributed by atoms with Crippen LogP contribution in [0.3, 0.4) is 0 Å². The van der Waals surface area contributed by atoms with Crippen molar-refractivity contribution < 1.29 is 4.79 Å². The van der Waals surface area contributed by atoms with Crippen molar-refractivity contribution in [3.8, 4) is 0 Å². The average Bonchev–Trinajstić information content (AvgIpc) is 3.10. The zero-order valence-corrected chi connectivity index (χ0v) is 14.2. The van der Waals surface area contributed by atoms with E-state index in [9.17, 15) is 4.79 Å². The molecule has 0 unspecified atom stereocenters. The van der Waals surface area contributed by atoms with Crippen LogP contribution >= 0.6 is 0 Å². The second-order valence-corrected chi connectivity index (χ2v) is 6.46. The topological polar surface area (TPSA) is 63.1 Å². The number of para-hydroxylation sites is 1. The van der Waals surface area contributed by atoms with Gasteiger partial charge in [0.25, 0.3) is 0 Å². The predicted octanol–water partition coefficient (Wildman–Crippen LogP) is 2.12. The van der Waals surface area contributed by atoms with Gasteiger partial charge in [-0.05, 0) is 18.2 Å². The number of aromatic nitrogens is 3. The Kier molecular flexibility index (Phi) is 4.19. The summed E-state index contributed by atoms with van der Waals surface area (Å²) < 4.78 is 1.99. The van der Waals surface area contributed by atoms with Gasteiger partial charge in [-0.1, -0.05) is 24.3 Å². The number of hydrogen-bond acceptors (Lipinski definition) is 4. The quantitative estimate of drug-likeness (QED) is 0.793. The highest BCUT2D eigenvalue weighted by molar-refractivity contribution is 5.78. The molecular formula is C19H21N5O. The molecule has 0 radical (unpaired) electrons. The maximum absolute atomic E-state index is 11.8. The normalized spacial score (nSPS) is 17.4. The predicted molar refractivity (Wildman–Crippen MR) is 95.8 cm³/mol. The van der Waals surface area contributed by atoms with E-state index in [0.29, 0.717) is 6.42 Å². The maximum atomic E-state index is 11.8. The Bertz CT molecular complexity index is 903. The van der Waals surface area contributed by atoms with Crippen molar-refractivity contribution in [1.29, 1.82) is 0 Å². The fourth-order valence-electron chi connectivity index (χ4n) is 3.48. The van der Waals surface area contributed by atoms with Crippen molar-refractivity contribution in [2.75, 3.05) is 13.6 Å². The Morgan fingerprint density at radius 2 is 2.12 bits per heavy atom. The monoisotopic (exact) mass is 335 g/mol. The second kappa shape index (κ2) is 6.64. The molecule has 1 aliphatic heterocycles. The minimum absolute atomic E-state index is 0.0390. The molecule has 1 amide bonds. The van der Waals surface area contributed by atoms with E-state index in [-0.39, 0.29) is 11.9 Å². The molecule has 1 N–H and O–H groups in total. The third-order valence-corrected chi connectivity index (χ3v) is 4.69. The van der Waals surface area contributed by atoms with E-state index in [2.05, 4.69) is 33.5 Å². The highest BCUT2D eigenvalue weighted by atomic mass is 16.1. The number of nitrogens with zero attached hydrogens (tertiary/aromatic N) is 4. The van der Waals surface area contributed by atoms with Crippen LogP contribution in [-0.4, -0.2) is 39.2 Å². The van der Waals surface area contributed by atoms with Gasteiger partial charge < -0.3 is 5.32 Å². The zero-order valence-electron chi connectivity index (χ0n) is 14.2. The van der Waals surface area contributed by atoms with Crippen LogP contribution in [0.5, 0.6) is 0 Å². The molecule has 6 heteroatoms. The fourth-order valence-corrected chi connectivity index (χ4v) is 3.48. The summed E-state index contributed by atoms with van der Waals surface area (Å²) in [6.45, 7) is 2.37. The number of fused-ring (bicyclic) bond motifs is 2. The van der Waals surface area contributed by atoms with Crippen molar-refractivity contribution in [2.24, 2.45) is 0 Å². The van der Waals surface area contributed by atoms with Crippen LogP contribution in [0, 0.1) is 0 Å². The molecule has 0 spiro atoms. The first-order valence-corrected chi connectivity index (χ1v) is 8.53. The molecule has 1 atom stereocenters. The highest BCUT2D eigenvalue weighted by Crippen LogP contribution is 2.24. The molecule has 0 saturated carbocycles. The number of carbonyl (C=O) groups excluding carboxylic acids is 1. The molecule has 1 aliphatic rings. The SMILES string of the molecule is CNC(=O)C[C@@H]1CN(Cc2ccc3ccccc3n2)Cc2ccnn21. The van der Waals surface area contributed by atoms with E-state index in [1.807, 2.05) is 35.1 Å². The van der Waals surface area contributed by atoms with Gasteiger partial charge in [0.2, 0.25) is 5.91 Å². The minimum Gasteiger partial charge on any atom is -0.359 e. The highest BCUT2D eigenvalue weighted by Gasteiger charge is 2.27. The molecule has 3 aromatic rings. The first kappa shape index (κ1) is 15.8. The minimum atomic E-state index is 0.0390. The molecule has 0 saturated heterocycles. The van der Waals surface area contributed by atoms with Crippen molar-refractivity contribution in [2.45, 2.75) is 25.6 Å².